The Balaban J connectivity index is 2.19. The van der Waals surface area contributed by atoms with Gasteiger partial charge in [-0.3, -0.25) is 0 Å². The Bertz CT molecular complexity index is 638. The molecule has 0 aliphatic heterocycles. The van der Waals surface area contributed by atoms with E-state index in [-0.39, 0.29) is 5.56 Å². The lowest BCUT2D eigenvalue weighted by Gasteiger charge is -2.08. The molecule has 6 heteroatoms. The van der Waals surface area contributed by atoms with Crippen LogP contribution in [0.25, 0.3) is 0 Å². The summed E-state index contributed by atoms with van der Waals surface area (Å²) < 4.78 is 0. The van der Waals surface area contributed by atoms with Crippen molar-refractivity contribution < 1.29 is 9.90 Å². The van der Waals surface area contributed by atoms with E-state index in [1.165, 1.54) is 11.8 Å². The van der Waals surface area contributed by atoms with Crippen molar-refractivity contribution in [1.82, 2.24) is 9.97 Å². The zero-order chi connectivity index (χ0) is 14.7. The molecule has 0 atom stereocenters. The van der Waals surface area contributed by atoms with Crippen molar-refractivity contribution in [3.05, 3.63) is 52.1 Å². The maximum Gasteiger partial charge on any atom is 0.339 e. The molecule has 20 heavy (non-hydrogen) atoms. The molecule has 0 aliphatic carbocycles. The van der Waals surface area contributed by atoms with Gasteiger partial charge in [0, 0.05) is 4.90 Å². The number of hydrogen-bond acceptors (Lipinski definition) is 4. The molecule has 0 aliphatic rings. The van der Waals surface area contributed by atoms with E-state index >= 15 is 0 Å². The first-order chi connectivity index (χ1) is 9.49. The van der Waals surface area contributed by atoms with Gasteiger partial charge >= 0.3 is 5.97 Å². The standard InChI is InChI=1S/C14H13ClN2O2S/c1-8-13(14(18)19)9(2)17-12(16-8)7-20-11-6-4-3-5-10(11)15/h3-6H,7H2,1-2H3,(H,18,19). The molecular weight excluding hydrogens is 296 g/mol. The normalized spacial score (nSPS) is 10.6. The highest BCUT2D eigenvalue weighted by atomic mass is 35.5. The molecule has 0 bridgehead atoms. The smallest absolute Gasteiger partial charge is 0.339 e. The van der Waals surface area contributed by atoms with Crippen molar-refractivity contribution in [3.8, 4) is 0 Å². The number of rotatable bonds is 4. The summed E-state index contributed by atoms with van der Waals surface area (Å²) in [6.07, 6.45) is 0. The van der Waals surface area contributed by atoms with Gasteiger partial charge in [-0.15, -0.1) is 11.8 Å². The molecule has 1 aromatic heterocycles. The Labute approximate surface area is 126 Å². The van der Waals surface area contributed by atoms with Gasteiger partial charge in [0.2, 0.25) is 0 Å². The predicted molar refractivity (Wildman–Crippen MR) is 79.5 cm³/mol. The van der Waals surface area contributed by atoms with E-state index in [9.17, 15) is 4.79 Å². The summed E-state index contributed by atoms with van der Waals surface area (Å²) >= 11 is 7.61. The molecular formula is C14H13ClN2O2S. The number of thioether (sulfide) groups is 1. The maximum atomic E-state index is 11.1. The summed E-state index contributed by atoms with van der Waals surface area (Å²) in [5.41, 5.74) is 1.15. The lowest BCUT2D eigenvalue weighted by Crippen LogP contribution is -2.09. The van der Waals surface area contributed by atoms with E-state index in [2.05, 4.69) is 9.97 Å². The quantitative estimate of drug-likeness (QED) is 0.872. The number of halogens is 1. The first-order valence-corrected chi connectivity index (χ1v) is 7.30. The topological polar surface area (TPSA) is 63.1 Å². The molecule has 4 nitrogen and oxygen atoms in total. The van der Waals surface area contributed by atoms with E-state index in [1.54, 1.807) is 13.8 Å². The van der Waals surface area contributed by atoms with Crippen LogP contribution in [0.1, 0.15) is 27.6 Å². The van der Waals surface area contributed by atoms with Crippen LogP contribution in [-0.4, -0.2) is 21.0 Å². The highest BCUT2D eigenvalue weighted by Crippen LogP contribution is 2.28. The fraction of sp³-hybridized carbons (Fsp3) is 0.214. The second kappa shape index (κ2) is 6.24. The number of benzene rings is 1. The van der Waals surface area contributed by atoms with Gasteiger partial charge in [-0.2, -0.15) is 0 Å². The van der Waals surface area contributed by atoms with Crippen molar-refractivity contribution in [2.75, 3.05) is 0 Å². The maximum absolute atomic E-state index is 11.1. The van der Waals surface area contributed by atoms with Crippen LogP contribution < -0.4 is 0 Å². The first kappa shape index (κ1) is 14.8. The second-order valence-corrected chi connectivity index (χ2v) is 5.63. The lowest BCUT2D eigenvalue weighted by atomic mass is 10.2. The average Bonchev–Trinajstić information content (AvgIpc) is 2.36. The fourth-order valence-corrected chi connectivity index (χ4v) is 2.96. The Hall–Kier alpha value is -1.59. The van der Waals surface area contributed by atoms with E-state index < -0.39 is 5.97 Å². The van der Waals surface area contributed by atoms with E-state index in [4.69, 9.17) is 16.7 Å². The molecule has 104 valence electrons. The van der Waals surface area contributed by atoms with E-state index in [0.717, 1.165) is 4.90 Å². The number of nitrogens with zero attached hydrogens (tertiary/aromatic N) is 2. The number of hydrogen-bond donors (Lipinski definition) is 1. The third kappa shape index (κ3) is 3.29. The minimum absolute atomic E-state index is 0.177. The van der Waals surface area contributed by atoms with Gasteiger partial charge in [0.25, 0.3) is 0 Å². The third-order valence-electron chi connectivity index (χ3n) is 2.72. The lowest BCUT2D eigenvalue weighted by molar-refractivity contribution is 0.0694. The molecule has 0 radical (unpaired) electrons. The molecule has 1 aromatic carbocycles. The number of carbonyl (C=O) groups is 1. The van der Waals surface area contributed by atoms with Crippen LogP contribution >= 0.6 is 23.4 Å². The van der Waals surface area contributed by atoms with Gasteiger partial charge in [0.1, 0.15) is 11.4 Å². The minimum Gasteiger partial charge on any atom is -0.478 e. The number of carboxylic acids is 1. The fourth-order valence-electron chi connectivity index (χ4n) is 1.86. The molecule has 1 heterocycles. The monoisotopic (exact) mass is 308 g/mol. The number of aromatic nitrogens is 2. The molecule has 0 saturated carbocycles. The second-order valence-electron chi connectivity index (χ2n) is 4.21. The van der Waals surface area contributed by atoms with Crippen LogP contribution in [0, 0.1) is 13.8 Å². The van der Waals surface area contributed by atoms with E-state index in [0.29, 0.717) is 28.0 Å². The number of carboxylic acid groups (broad SMARTS) is 1. The van der Waals surface area contributed by atoms with Crippen molar-refractivity contribution >= 4 is 29.3 Å². The van der Waals surface area contributed by atoms with Gasteiger partial charge in [0.05, 0.1) is 22.2 Å². The highest BCUT2D eigenvalue weighted by molar-refractivity contribution is 7.98. The Morgan fingerprint density at radius 3 is 2.40 bits per heavy atom. The van der Waals surface area contributed by atoms with Gasteiger partial charge in [0.15, 0.2) is 0 Å². The van der Waals surface area contributed by atoms with Crippen molar-refractivity contribution in [2.24, 2.45) is 0 Å². The van der Waals surface area contributed by atoms with Crippen LogP contribution in [0.4, 0.5) is 0 Å². The first-order valence-electron chi connectivity index (χ1n) is 5.93. The average molecular weight is 309 g/mol. The SMILES string of the molecule is Cc1nc(CSc2ccccc2Cl)nc(C)c1C(=O)O. The van der Waals surface area contributed by atoms with Crippen LogP contribution in [0.5, 0.6) is 0 Å². The highest BCUT2D eigenvalue weighted by Gasteiger charge is 2.15. The molecule has 0 amide bonds. The van der Waals surface area contributed by atoms with Gasteiger partial charge in [-0.1, -0.05) is 23.7 Å². The van der Waals surface area contributed by atoms with E-state index in [1.807, 2.05) is 24.3 Å². The molecule has 2 aromatic rings. The summed E-state index contributed by atoms with van der Waals surface area (Å²) in [6, 6.07) is 7.55. The molecule has 1 N–H and O–H groups in total. The molecule has 0 unspecified atom stereocenters. The summed E-state index contributed by atoms with van der Waals surface area (Å²) in [5, 5.41) is 9.77. The van der Waals surface area contributed by atoms with Gasteiger partial charge < -0.3 is 5.11 Å². The minimum atomic E-state index is -0.995. The Morgan fingerprint density at radius 1 is 1.25 bits per heavy atom. The number of aryl methyl sites for hydroxylation is 2. The molecule has 0 fully saturated rings. The van der Waals surface area contributed by atoms with Gasteiger partial charge in [-0.05, 0) is 26.0 Å². The zero-order valence-electron chi connectivity index (χ0n) is 11.1. The molecule has 2 rings (SSSR count). The van der Waals surface area contributed by atoms with Crippen molar-refractivity contribution in [2.45, 2.75) is 24.5 Å². The Morgan fingerprint density at radius 2 is 1.85 bits per heavy atom. The summed E-state index contributed by atoms with van der Waals surface area (Å²) in [4.78, 5) is 20.5. The van der Waals surface area contributed by atoms with Crippen LogP contribution in [0.2, 0.25) is 5.02 Å². The van der Waals surface area contributed by atoms with Crippen LogP contribution in [-0.2, 0) is 5.75 Å². The van der Waals surface area contributed by atoms with Crippen molar-refractivity contribution in [1.29, 1.82) is 0 Å². The Kier molecular flexibility index (Phi) is 4.62. The van der Waals surface area contributed by atoms with Crippen LogP contribution in [0.15, 0.2) is 29.2 Å². The predicted octanol–water partition coefficient (Wildman–Crippen LogP) is 3.74. The summed E-state index contributed by atoms with van der Waals surface area (Å²) in [7, 11) is 0. The van der Waals surface area contributed by atoms with Crippen molar-refractivity contribution in [3.63, 3.8) is 0 Å². The largest absolute Gasteiger partial charge is 0.478 e. The van der Waals surface area contributed by atoms with Crippen LogP contribution in [0.3, 0.4) is 0 Å². The number of aromatic carboxylic acids is 1. The summed E-state index contributed by atoms with van der Waals surface area (Å²) in [6.45, 7) is 3.36. The zero-order valence-corrected chi connectivity index (χ0v) is 12.6. The van der Waals surface area contributed by atoms with Gasteiger partial charge in [-0.25, -0.2) is 14.8 Å². The molecule has 0 spiro atoms. The third-order valence-corrected chi connectivity index (χ3v) is 4.24. The summed E-state index contributed by atoms with van der Waals surface area (Å²) in [5.74, 6) is 0.158. The molecule has 0 saturated heterocycles.